The number of benzene rings is 3. The number of carbonyl (C=O) groups excluding carboxylic acids is 1. The Hall–Kier alpha value is -4.02. The largest absolute Gasteiger partial charge is 0.530 e. The Labute approximate surface area is 259 Å². The summed E-state index contributed by atoms with van der Waals surface area (Å²) in [5, 5.41) is 22.0. The summed E-state index contributed by atoms with van der Waals surface area (Å²) in [6, 6.07) is 24.7. The number of sulfone groups is 1. The van der Waals surface area contributed by atoms with E-state index in [9.17, 15) is 28.4 Å². The van der Waals surface area contributed by atoms with Gasteiger partial charge in [0.2, 0.25) is 0 Å². The topological polar surface area (TPSA) is 124 Å². The van der Waals surface area contributed by atoms with E-state index in [1.54, 1.807) is 36.4 Å². The molecule has 0 saturated carbocycles. The fourth-order valence-corrected chi connectivity index (χ4v) is 7.24. The molecule has 0 aliphatic carbocycles. The number of carbonyl (C=O) groups is 1. The van der Waals surface area contributed by atoms with Crippen molar-refractivity contribution in [2.45, 2.75) is 55.2 Å². The van der Waals surface area contributed by atoms with Gasteiger partial charge in [-0.25, -0.2) is 8.42 Å². The van der Waals surface area contributed by atoms with Gasteiger partial charge in [0.25, 0.3) is 5.69 Å². The lowest BCUT2D eigenvalue weighted by Crippen LogP contribution is -2.40. The van der Waals surface area contributed by atoms with Crippen LogP contribution < -0.4 is 5.11 Å². The highest BCUT2D eigenvalue weighted by Gasteiger charge is 2.28. The van der Waals surface area contributed by atoms with Crippen molar-refractivity contribution in [3.8, 4) is 0 Å². The van der Waals surface area contributed by atoms with Crippen LogP contribution in [-0.2, 0) is 16.4 Å². The maximum Gasteiger partial charge on any atom is 0.269 e. The minimum Gasteiger partial charge on any atom is -0.530 e. The van der Waals surface area contributed by atoms with Crippen molar-refractivity contribution < 1.29 is 23.2 Å². The standard InChI is InChI=1S/C34H41N3O6S/c1-27(44(42,43)33-12-6-3-7-13-33)25-31(30-10-4-2-5-11-30)20-24-35-22-18-28(19-23-35)9-8-21-36(34(38)39)26-29-14-16-32(17-15-29)37(40)41/h2-17,27-28,31H,18-26H2,1H3,(H,38,39)/p-1/t27-,31-/m0/s1. The summed E-state index contributed by atoms with van der Waals surface area (Å²) in [6.07, 6.45) is 5.98. The molecule has 1 aliphatic heterocycles. The molecule has 1 heterocycles. The van der Waals surface area contributed by atoms with Crippen LogP contribution in [0.3, 0.4) is 0 Å². The van der Waals surface area contributed by atoms with Crippen molar-refractivity contribution in [3.05, 3.63) is 118 Å². The average molecular weight is 619 g/mol. The highest BCUT2D eigenvalue weighted by atomic mass is 32.2. The second-order valence-electron chi connectivity index (χ2n) is 11.5. The third-order valence-electron chi connectivity index (χ3n) is 8.43. The van der Waals surface area contributed by atoms with Gasteiger partial charge in [0.15, 0.2) is 9.84 Å². The minimum absolute atomic E-state index is 0.0406. The predicted molar refractivity (Wildman–Crippen MR) is 169 cm³/mol. The second-order valence-corrected chi connectivity index (χ2v) is 13.8. The first-order valence-corrected chi connectivity index (χ1v) is 16.6. The van der Waals surface area contributed by atoms with E-state index in [1.165, 1.54) is 17.0 Å². The molecule has 234 valence electrons. The number of rotatable bonds is 14. The fraction of sp³-hybridized carbons (Fsp3) is 0.382. The van der Waals surface area contributed by atoms with E-state index >= 15 is 0 Å². The molecule has 0 unspecified atom stereocenters. The normalized spacial score (nSPS) is 16.0. The van der Waals surface area contributed by atoms with Crippen LogP contribution in [0.15, 0.2) is 102 Å². The van der Waals surface area contributed by atoms with Gasteiger partial charge in [-0.1, -0.05) is 72.8 Å². The van der Waals surface area contributed by atoms with E-state index < -0.39 is 26.1 Å². The monoisotopic (exact) mass is 618 g/mol. The number of piperidine rings is 1. The van der Waals surface area contributed by atoms with E-state index in [2.05, 4.69) is 23.1 Å². The number of hydrogen-bond acceptors (Lipinski definition) is 7. The first-order chi connectivity index (χ1) is 21.1. The maximum absolute atomic E-state index is 13.3. The highest BCUT2D eigenvalue weighted by molar-refractivity contribution is 7.92. The van der Waals surface area contributed by atoms with Gasteiger partial charge in [-0.15, -0.1) is 0 Å². The van der Waals surface area contributed by atoms with Crippen molar-refractivity contribution in [2.24, 2.45) is 5.92 Å². The SMILES string of the molecule is C[C@@H](C[C@H](CCN1CCC(C=CCN(Cc2ccc([N+](=O)[O-])cc2)C(=O)[O-])CC1)c1ccccc1)S(=O)(=O)c1ccccc1. The summed E-state index contributed by atoms with van der Waals surface area (Å²) in [5.41, 5.74) is 1.77. The van der Waals surface area contributed by atoms with Gasteiger partial charge >= 0.3 is 0 Å². The number of likely N-dealkylation sites (tertiary alicyclic amines) is 1. The van der Waals surface area contributed by atoms with Crippen LogP contribution in [0.25, 0.3) is 0 Å². The Balaban J connectivity index is 1.27. The molecule has 0 N–H and O–H groups in total. The van der Waals surface area contributed by atoms with Crippen LogP contribution in [0, 0.1) is 16.0 Å². The molecular weight excluding hydrogens is 578 g/mol. The van der Waals surface area contributed by atoms with Crippen molar-refractivity contribution in [1.29, 1.82) is 0 Å². The minimum atomic E-state index is -3.43. The number of carboxylic acid groups (broad SMARTS) is 1. The molecule has 0 spiro atoms. The lowest BCUT2D eigenvalue weighted by Gasteiger charge is -2.32. The third kappa shape index (κ3) is 9.24. The molecule has 0 radical (unpaired) electrons. The molecule has 9 nitrogen and oxygen atoms in total. The smallest absolute Gasteiger partial charge is 0.269 e. The Bertz CT molecular complexity index is 1490. The van der Waals surface area contributed by atoms with Crippen LogP contribution in [0.1, 0.15) is 49.7 Å². The Morgan fingerprint density at radius 3 is 2.20 bits per heavy atom. The van der Waals surface area contributed by atoms with Crippen molar-refractivity contribution in [2.75, 3.05) is 26.2 Å². The van der Waals surface area contributed by atoms with Gasteiger partial charge in [-0.3, -0.25) is 10.1 Å². The number of allylic oxidation sites excluding steroid dienone is 1. The average Bonchev–Trinajstić information content (AvgIpc) is 3.04. The lowest BCUT2D eigenvalue weighted by atomic mass is 9.90. The number of nitro groups is 1. The van der Waals surface area contributed by atoms with E-state index in [1.807, 2.05) is 37.3 Å². The molecule has 3 aromatic carbocycles. The summed E-state index contributed by atoms with van der Waals surface area (Å²) in [7, 11) is -3.43. The van der Waals surface area contributed by atoms with Crippen molar-refractivity contribution in [3.63, 3.8) is 0 Å². The van der Waals surface area contributed by atoms with Crippen LogP contribution in [0.2, 0.25) is 0 Å². The molecule has 44 heavy (non-hydrogen) atoms. The van der Waals surface area contributed by atoms with Gasteiger partial charge in [-0.05, 0) is 87.3 Å². The summed E-state index contributed by atoms with van der Waals surface area (Å²) in [6.45, 7) is 4.80. The molecule has 3 aromatic rings. The van der Waals surface area contributed by atoms with Crippen molar-refractivity contribution >= 4 is 21.6 Å². The lowest BCUT2D eigenvalue weighted by molar-refractivity contribution is -0.384. The Morgan fingerprint density at radius 2 is 1.61 bits per heavy atom. The number of non-ortho nitro benzene ring substituents is 1. The van der Waals surface area contributed by atoms with Gasteiger partial charge in [0.1, 0.15) is 6.09 Å². The molecule has 1 fully saturated rings. The zero-order valence-electron chi connectivity index (χ0n) is 25.0. The summed E-state index contributed by atoms with van der Waals surface area (Å²) >= 11 is 0. The van der Waals surface area contributed by atoms with E-state index in [0.29, 0.717) is 22.8 Å². The molecule has 2 atom stereocenters. The van der Waals surface area contributed by atoms with Gasteiger partial charge in [0, 0.05) is 25.2 Å². The third-order valence-corrected chi connectivity index (χ3v) is 10.6. The van der Waals surface area contributed by atoms with Crippen molar-refractivity contribution in [1.82, 2.24) is 9.80 Å². The molecule has 1 aliphatic rings. The zero-order valence-corrected chi connectivity index (χ0v) is 25.8. The van der Waals surface area contributed by atoms with E-state index in [4.69, 9.17) is 0 Å². The predicted octanol–water partition coefficient (Wildman–Crippen LogP) is 5.43. The van der Waals surface area contributed by atoms with Crippen LogP contribution in [0.5, 0.6) is 0 Å². The fourth-order valence-electron chi connectivity index (χ4n) is 5.75. The Kier molecular flexibility index (Phi) is 11.7. The van der Waals surface area contributed by atoms with Crippen LogP contribution in [-0.4, -0.2) is 60.7 Å². The van der Waals surface area contributed by atoms with Gasteiger partial charge < -0.3 is 19.7 Å². The zero-order chi connectivity index (χ0) is 31.5. The van der Waals surface area contributed by atoms with Gasteiger partial charge in [0.05, 0.1) is 15.1 Å². The second kappa shape index (κ2) is 15.6. The Morgan fingerprint density at radius 1 is 1.00 bits per heavy atom. The summed E-state index contributed by atoms with van der Waals surface area (Å²) < 4.78 is 26.5. The summed E-state index contributed by atoms with van der Waals surface area (Å²) in [4.78, 5) is 26.0. The molecule has 10 heteroatoms. The molecule has 0 aromatic heterocycles. The molecule has 4 rings (SSSR count). The maximum atomic E-state index is 13.3. The summed E-state index contributed by atoms with van der Waals surface area (Å²) in [5.74, 6) is 0.462. The van der Waals surface area contributed by atoms with Crippen LogP contribution >= 0.6 is 0 Å². The highest BCUT2D eigenvalue weighted by Crippen LogP contribution is 2.30. The van der Waals surface area contributed by atoms with E-state index in [0.717, 1.165) is 44.5 Å². The first kappa shape index (κ1) is 32.9. The number of nitrogens with zero attached hydrogens (tertiary/aromatic N) is 3. The molecule has 0 bridgehead atoms. The molecule has 1 amide bonds. The number of hydrogen-bond donors (Lipinski definition) is 0. The molecular formula is C34H40N3O6S-. The first-order valence-electron chi connectivity index (χ1n) is 15.1. The number of nitro benzene ring substituents is 1. The number of amides is 1. The van der Waals surface area contributed by atoms with Crippen LogP contribution in [0.4, 0.5) is 10.5 Å². The van der Waals surface area contributed by atoms with E-state index in [-0.39, 0.29) is 24.7 Å². The molecule has 1 saturated heterocycles. The quantitative estimate of drug-likeness (QED) is 0.134. The van der Waals surface area contributed by atoms with Gasteiger partial charge in [-0.2, -0.15) is 0 Å².